The van der Waals surface area contributed by atoms with Gasteiger partial charge in [-0.1, -0.05) is 0 Å². The molecule has 0 spiro atoms. The average Bonchev–Trinajstić information content (AvgIpc) is 1.88. The van der Waals surface area contributed by atoms with Crippen molar-refractivity contribution in [3.05, 3.63) is 11.3 Å². The number of allylic oxidation sites excluding steroid dienone is 1. The van der Waals surface area contributed by atoms with Crippen LogP contribution in [0.5, 0.6) is 0 Å². The van der Waals surface area contributed by atoms with Crippen molar-refractivity contribution in [1.29, 1.82) is 0 Å². The quantitative estimate of drug-likeness (QED) is 0.405. The van der Waals surface area contributed by atoms with Crippen LogP contribution in [0.1, 0.15) is 19.8 Å². The molecular formula is C7H9NO2. The first kappa shape index (κ1) is 6.99. The lowest BCUT2D eigenvalue weighted by Crippen LogP contribution is -2.07. The maximum absolute atomic E-state index is 10.8. The Morgan fingerprint density at radius 2 is 2.50 bits per heavy atom. The summed E-state index contributed by atoms with van der Waals surface area (Å²) in [4.78, 5) is 14.4. The summed E-state index contributed by atoms with van der Waals surface area (Å²) in [5.41, 5.74) is 0.447. The Bertz CT molecular complexity index is 212. The zero-order chi connectivity index (χ0) is 7.56. The first-order valence-corrected chi connectivity index (χ1v) is 3.17. The third kappa shape index (κ3) is 1.23. The van der Waals surface area contributed by atoms with E-state index in [9.17, 15) is 4.79 Å². The zero-order valence-corrected chi connectivity index (χ0v) is 5.79. The van der Waals surface area contributed by atoms with Crippen LogP contribution in [0.4, 0.5) is 0 Å². The van der Waals surface area contributed by atoms with Crippen LogP contribution in [0.3, 0.4) is 0 Å². The van der Waals surface area contributed by atoms with Crippen molar-refractivity contribution in [3.63, 3.8) is 0 Å². The largest absolute Gasteiger partial charge is 0.512 e. The van der Waals surface area contributed by atoms with E-state index in [2.05, 4.69) is 4.99 Å². The van der Waals surface area contributed by atoms with E-state index in [0.29, 0.717) is 12.0 Å². The molecule has 0 aromatic heterocycles. The van der Waals surface area contributed by atoms with Crippen molar-refractivity contribution in [3.8, 4) is 0 Å². The fourth-order valence-electron chi connectivity index (χ4n) is 0.877. The fraction of sp³-hybridized carbons (Fsp3) is 0.429. The van der Waals surface area contributed by atoms with E-state index in [0.717, 1.165) is 6.42 Å². The molecule has 0 radical (unpaired) electrons. The van der Waals surface area contributed by atoms with Crippen molar-refractivity contribution in [2.75, 3.05) is 0 Å². The molecule has 0 atom stereocenters. The van der Waals surface area contributed by atoms with Crippen LogP contribution in [-0.2, 0) is 4.79 Å². The van der Waals surface area contributed by atoms with Crippen LogP contribution in [0.2, 0.25) is 0 Å². The second-order valence-electron chi connectivity index (χ2n) is 2.22. The number of carbonyl (C=O) groups excluding carboxylic acids is 1. The van der Waals surface area contributed by atoms with Crippen molar-refractivity contribution in [2.45, 2.75) is 19.8 Å². The minimum absolute atomic E-state index is 0.0989. The van der Waals surface area contributed by atoms with Crippen LogP contribution < -0.4 is 0 Å². The Kier molecular flexibility index (Phi) is 1.85. The number of hydrogen-bond donors (Lipinski definition) is 1. The summed E-state index contributed by atoms with van der Waals surface area (Å²) < 4.78 is 0. The van der Waals surface area contributed by atoms with Gasteiger partial charge in [-0.15, -0.1) is 0 Å². The molecule has 0 saturated carbocycles. The Hall–Kier alpha value is -1.12. The highest BCUT2D eigenvalue weighted by atomic mass is 16.3. The maximum atomic E-state index is 10.8. The highest BCUT2D eigenvalue weighted by Gasteiger charge is 2.13. The van der Waals surface area contributed by atoms with Gasteiger partial charge in [0.2, 0.25) is 0 Å². The molecule has 1 N–H and O–H groups in total. The number of nitrogens with zero attached hydrogens (tertiary/aromatic N) is 1. The third-order valence-corrected chi connectivity index (χ3v) is 1.43. The molecule has 0 aromatic rings. The molecule has 0 bridgehead atoms. The van der Waals surface area contributed by atoms with Gasteiger partial charge in [0.15, 0.2) is 0 Å². The number of aliphatic hydroxyl groups is 1. The SMILES string of the molecule is CC(O)=C1CCC=NC1=O. The molecule has 1 heterocycles. The lowest BCUT2D eigenvalue weighted by molar-refractivity contribution is -0.114. The normalized spacial score (nSPS) is 23.1. The minimum atomic E-state index is -0.300. The van der Waals surface area contributed by atoms with Crippen molar-refractivity contribution in [2.24, 2.45) is 4.99 Å². The van der Waals surface area contributed by atoms with Gasteiger partial charge in [-0.05, 0) is 19.8 Å². The van der Waals surface area contributed by atoms with E-state index in [1.807, 2.05) is 0 Å². The third-order valence-electron chi connectivity index (χ3n) is 1.43. The Morgan fingerprint density at radius 1 is 1.80 bits per heavy atom. The van der Waals surface area contributed by atoms with E-state index in [1.165, 1.54) is 6.92 Å². The summed E-state index contributed by atoms with van der Waals surface area (Å²) in [6, 6.07) is 0. The molecule has 0 saturated heterocycles. The summed E-state index contributed by atoms with van der Waals surface area (Å²) in [5, 5.41) is 8.93. The van der Waals surface area contributed by atoms with Crippen LogP contribution >= 0.6 is 0 Å². The van der Waals surface area contributed by atoms with E-state index in [4.69, 9.17) is 5.11 Å². The molecule has 3 heteroatoms. The smallest absolute Gasteiger partial charge is 0.275 e. The van der Waals surface area contributed by atoms with Gasteiger partial charge < -0.3 is 5.11 Å². The molecule has 0 aromatic carbocycles. The Labute approximate surface area is 59.1 Å². The van der Waals surface area contributed by atoms with Gasteiger partial charge in [-0.3, -0.25) is 4.79 Å². The van der Waals surface area contributed by atoms with E-state index < -0.39 is 0 Å². The maximum Gasteiger partial charge on any atom is 0.275 e. The topological polar surface area (TPSA) is 49.7 Å². The summed E-state index contributed by atoms with van der Waals surface area (Å²) in [7, 11) is 0. The van der Waals surface area contributed by atoms with Crippen molar-refractivity contribution in [1.82, 2.24) is 0 Å². The van der Waals surface area contributed by atoms with E-state index in [-0.39, 0.29) is 11.7 Å². The standard InChI is InChI=1S/C7H9NO2/c1-5(9)6-3-2-4-8-7(6)10/h4,9H,2-3H2,1H3. The lowest BCUT2D eigenvalue weighted by atomic mass is 10.1. The average molecular weight is 139 g/mol. The number of aliphatic imine (C=N–C) groups is 1. The molecule has 1 aliphatic rings. The molecule has 0 unspecified atom stereocenters. The van der Waals surface area contributed by atoms with E-state index >= 15 is 0 Å². The molecule has 3 nitrogen and oxygen atoms in total. The predicted molar refractivity (Wildman–Crippen MR) is 38.1 cm³/mol. The monoisotopic (exact) mass is 139 g/mol. The molecule has 1 rings (SSSR count). The second kappa shape index (κ2) is 2.64. The molecule has 0 aliphatic carbocycles. The molecule has 54 valence electrons. The van der Waals surface area contributed by atoms with Gasteiger partial charge in [0.1, 0.15) is 0 Å². The second-order valence-corrected chi connectivity index (χ2v) is 2.22. The highest BCUT2D eigenvalue weighted by molar-refractivity contribution is 6.00. The lowest BCUT2D eigenvalue weighted by Gasteiger charge is -2.05. The van der Waals surface area contributed by atoms with Gasteiger partial charge in [0.25, 0.3) is 5.91 Å². The number of amides is 1. The highest BCUT2D eigenvalue weighted by Crippen LogP contribution is 2.13. The summed E-state index contributed by atoms with van der Waals surface area (Å²) in [6.45, 7) is 1.51. The molecular weight excluding hydrogens is 130 g/mol. The number of carbonyl (C=O) groups is 1. The first-order valence-electron chi connectivity index (χ1n) is 3.17. The van der Waals surface area contributed by atoms with Crippen LogP contribution in [-0.4, -0.2) is 17.2 Å². The van der Waals surface area contributed by atoms with Crippen molar-refractivity contribution < 1.29 is 9.90 Å². The van der Waals surface area contributed by atoms with Crippen LogP contribution in [0, 0.1) is 0 Å². The summed E-state index contributed by atoms with van der Waals surface area (Å²) in [5.74, 6) is -0.201. The van der Waals surface area contributed by atoms with E-state index in [1.54, 1.807) is 6.21 Å². The van der Waals surface area contributed by atoms with Crippen LogP contribution in [0.25, 0.3) is 0 Å². The van der Waals surface area contributed by atoms with Crippen LogP contribution in [0.15, 0.2) is 16.3 Å². The fourth-order valence-corrected chi connectivity index (χ4v) is 0.877. The van der Waals surface area contributed by atoms with Gasteiger partial charge in [-0.2, -0.15) is 0 Å². The Balaban J connectivity index is 2.91. The van der Waals surface area contributed by atoms with Gasteiger partial charge in [0.05, 0.1) is 11.3 Å². The molecule has 10 heavy (non-hydrogen) atoms. The van der Waals surface area contributed by atoms with Gasteiger partial charge >= 0.3 is 0 Å². The first-order chi connectivity index (χ1) is 4.72. The number of rotatable bonds is 0. The molecule has 1 amide bonds. The molecule has 0 fully saturated rings. The predicted octanol–water partition coefficient (Wildman–Crippen LogP) is 1.21. The number of hydrogen-bond acceptors (Lipinski definition) is 2. The Morgan fingerprint density at radius 3 is 2.90 bits per heavy atom. The molecule has 1 aliphatic heterocycles. The van der Waals surface area contributed by atoms with Gasteiger partial charge in [0, 0.05) is 6.21 Å². The van der Waals surface area contributed by atoms with Crippen molar-refractivity contribution >= 4 is 12.1 Å². The number of aliphatic hydroxyl groups excluding tert-OH is 1. The van der Waals surface area contributed by atoms with Gasteiger partial charge in [-0.25, -0.2) is 4.99 Å². The minimum Gasteiger partial charge on any atom is -0.512 e. The summed E-state index contributed by atoms with van der Waals surface area (Å²) in [6.07, 6.45) is 2.94. The summed E-state index contributed by atoms with van der Waals surface area (Å²) >= 11 is 0. The zero-order valence-electron chi connectivity index (χ0n) is 5.79.